The summed E-state index contributed by atoms with van der Waals surface area (Å²) in [5, 5.41) is 12.0. The first kappa shape index (κ1) is 20.8. The van der Waals surface area contributed by atoms with Crippen LogP contribution in [0, 0.1) is 11.3 Å². The lowest BCUT2D eigenvalue weighted by Crippen LogP contribution is -2.45. The molecule has 0 radical (unpaired) electrons. The number of aliphatic imine (C=N–C) groups is 1. The van der Waals surface area contributed by atoms with Gasteiger partial charge in [0.2, 0.25) is 5.90 Å². The van der Waals surface area contributed by atoms with Crippen molar-refractivity contribution >= 4 is 11.8 Å². The zero-order chi connectivity index (χ0) is 22.0. The molecule has 1 N–H and O–H groups in total. The molecule has 1 aliphatic carbocycles. The van der Waals surface area contributed by atoms with Crippen LogP contribution in [0.3, 0.4) is 0 Å². The monoisotopic (exact) mass is 428 g/mol. The van der Waals surface area contributed by atoms with E-state index in [0.717, 1.165) is 25.1 Å². The van der Waals surface area contributed by atoms with Gasteiger partial charge in [0.25, 0.3) is 5.91 Å². The van der Waals surface area contributed by atoms with Gasteiger partial charge in [-0.3, -0.25) is 9.78 Å². The minimum atomic E-state index is -4.56. The normalized spacial score (nSPS) is 23.0. The number of ether oxygens (including phenoxy) is 1. The van der Waals surface area contributed by atoms with Gasteiger partial charge >= 0.3 is 6.18 Å². The van der Waals surface area contributed by atoms with Crippen LogP contribution in [0.1, 0.15) is 52.9 Å². The number of benzene rings is 1. The van der Waals surface area contributed by atoms with E-state index < -0.39 is 17.9 Å². The van der Waals surface area contributed by atoms with Gasteiger partial charge in [0.05, 0.1) is 17.7 Å². The molecule has 31 heavy (non-hydrogen) atoms. The number of hydrogen-bond donors (Lipinski definition) is 1. The van der Waals surface area contributed by atoms with Crippen LogP contribution in [0.25, 0.3) is 0 Å². The number of nitrogens with zero attached hydrogens (tertiary/aromatic N) is 3. The van der Waals surface area contributed by atoms with Gasteiger partial charge in [0.1, 0.15) is 17.8 Å². The molecular weight excluding hydrogens is 409 g/mol. The van der Waals surface area contributed by atoms with Gasteiger partial charge in [0.15, 0.2) is 0 Å². The van der Waals surface area contributed by atoms with Crippen molar-refractivity contribution in [2.45, 2.75) is 50.0 Å². The summed E-state index contributed by atoms with van der Waals surface area (Å²) in [5.41, 5.74) is -0.0474. The van der Waals surface area contributed by atoms with Gasteiger partial charge in [-0.1, -0.05) is 12.5 Å². The van der Waals surface area contributed by atoms with Gasteiger partial charge in [-0.2, -0.15) is 18.4 Å². The SMILES string of the molecule is N#Cc1cccc(C(=O)N[C@@H]2CCCCC3OC(c4ccnc(C(F)(F)F)c4)=NC32)c1. The number of hydrogen-bond acceptors (Lipinski definition) is 5. The second-order valence-electron chi connectivity index (χ2n) is 7.57. The smallest absolute Gasteiger partial charge is 0.433 e. The molecule has 2 aromatic rings. The molecule has 1 aromatic carbocycles. The molecule has 6 nitrogen and oxygen atoms in total. The Morgan fingerprint density at radius 1 is 1.19 bits per heavy atom. The second kappa shape index (κ2) is 8.38. The zero-order valence-corrected chi connectivity index (χ0v) is 16.4. The largest absolute Gasteiger partial charge is 0.472 e. The number of fused-ring (bicyclic) bond motifs is 1. The van der Waals surface area contributed by atoms with Gasteiger partial charge in [-0.15, -0.1) is 0 Å². The molecule has 4 rings (SSSR count). The van der Waals surface area contributed by atoms with Crippen LogP contribution < -0.4 is 5.32 Å². The summed E-state index contributed by atoms with van der Waals surface area (Å²) in [6.45, 7) is 0. The van der Waals surface area contributed by atoms with Crippen LogP contribution in [-0.4, -0.2) is 35.0 Å². The molecule has 0 saturated heterocycles. The van der Waals surface area contributed by atoms with Gasteiger partial charge in [0, 0.05) is 17.3 Å². The molecule has 160 valence electrons. The number of carbonyl (C=O) groups is 1. The zero-order valence-electron chi connectivity index (χ0n) is 16.4. The Morgan fingerprint density at radius 2 is 2.00 bits per heavy atom. The molecule has 1 aliphatic heterocycles. The summed E-state index contributed by atoms with van der Waals surface area (Å²) < 4.78 is 45.0. The lowest BCUT2D eigenvalue weighted by atomic mass is 10.0. The summed E-state index contributed by atoms with van der Waals surface area (Å²) in [7, 11) is 0. The fraction of sp³-hybridized carbons (Fsp3) is 0.364. The maximum absolute atomic E-state index is 13.0. The lowest BCUT2D eigenvalue weighted by molar-refractivity contribution is -0.141. The van der Waals surface area contributed by atoms with Gasteiger partial charge in [-0.05, 0) is 49.6 Å². The van der Waals surface area contributed by atoms with Crippen molar-refractivity contribution in [2.75, 3.05) is 0 Å². The molecule has 2 unspecified atom stereocenters. The molecule has 1 amide bonds. The third kappa shape index (κ3) is 4.53. The predicted molar refractivity (Wildman–Crippen MR) is 105 cm³/mol. The van der Waals surface area contributed by atoms with Gasteiger partial charge < -0.3 is 10.1 Å². The van der Waals surface area contributed by atoms with E-state index in [4.69, 9.17) is 10.00 Å². The van der Waals surface area contributed by atoms with Crippen molar-refractivity contribution in [3.8, 4) is 6.07 Å². The molecule has 1 aromatic heterocycles. The van der Waals surface area contributed by atoms with Crippen molar-refractivity contribution in [3.05, 3.63) is 65.0 Å². The highest BCUT2D eigenvalue weighted by molar-refractivity contribution is 5.96. The first-order valence-corrected chi connectivity index (χ1v) is 9.94. The van der Waals surface area contributed by atoms with Crippen molar-refractivity contribution in [1.29, 1.82) is 5.26 Å². The number of carbonyl (C=O) groups excluding carboxylic acids is 1. The first-order chi connectivity index (χ1) is 14.8. The van der Waals surface area contributed by atoms with Crippen molar-refractivity contribution < 1.29 is 22.7 Å². The minimum Gasteiger partial charge on any atom is -0.472 e. The summed E-state index contributed by atoms with van der Waals surface area (Å²) in [6.07, 6.45) is -0.688. The standard InChI is InChI=1S/C22H19F3N4O2/c23-22(24,25)18-11-15(8-9-27-18)21-29-19-16(6-1-2-7-17(19)31-21)28-20(30)14-5-3-4-13(10-14)12-26/h3-5,8-11,16-17,19H,1-2,6-7H2,(H,28,30)/t16-,17?,19?/m1/s1. The van der Waals surface area contributed by atoms with E-state index in [2.05, 4.69) is 15.3 Å². The number of nitriles is 1. The molecule has 2 aliphatic rings. The predicted octanol–water partition coefficient (Wildman–Crippen LogP) is 3.86. The maximum atomic E-state index is 13.0. The van der Waals surface area contributed by atoms with Crippen molar-refractivity contribution in [3.63, 3.8) is 0 Å². The van der Waals surface area contributed by atoms with Crippen molar-refractivity contribution in [1.82, 2.24) is 10.3 Å². The second-order valence-corrected chi connectivity index (χ2v) is 7.57. The molecule has 0 bridgehead atoms. The number of amides is 1. The van der Waals surface area contributed by atoms with E-state index in [-0.39, 0.29) is 29.5 Å². The van der Waals surface area contributed by atoms with Gasteiger partial charge in [-0.25, -0.2) is 4.99 Å². The molecule has 9 heteroatoms. The van der Waals surface area contributed by atoms with Crippen LogP contribution in [0.2, 0.25) is 0 Å². The van der Waals surface area contributed by atoms with E-state index in [9.17, 15) is 18.0 Å². The van der Waals surface area contributed by atoms with Crippen LogP contribution in [0.4, 0.5) is 13.2 Å². The summed E-state index contributed by atoms with van der Waals surface area (Å²) in [4.78, 5) is 20.7. The number of alkyl halides is 3. The van der Waals surface area contributed by atoms with E-state index in [1.807, 2.05) is 6.07 Å². The highest BCUT2D eigenvalue weighted by Gasteiger charge is 2.40. The Labute approximate surface area is 176 Å². The van der Waals surface area contributed by atoms with Crippen LogP contribution in [-0.2, 0) is 10.9 Å². The van der Waals surface area contributed by atoms with Crippen molar-refractivity contribution in [2.24, 2.45) is 4.99 Å². The average Bonchev–Trinajstić information content (AvgIpc) is 3.11. The Hall–Kier alpha value is -3.41. The number of pyridine rings is 1. The van der Waals surface area contributed by atoms with E-state index in [0.29, 0.717) is 24.0 Å². The first-order valence-electron chi connectivity index (χ1n) is 9.94. The fourth-order valence-electron chi connectivity index (χ4n) is 3.92. The van der Waals surface area contributed by atoms with Crippen LogP contribution in [0.15, 0.2) is 47.6 Å². The Morgan fingerprint density at radius 3 is 2.77 bits per heavy atom. The Balaban J connectivity index is 1.57. The third-order valence-electron chi connectivity index (χ3n) is 5.44. The molecule has 1 fully saturated rings. The molecule has 3 atom stereocenters. The number of nitrogens with one attached hydrogen (secondary N) is 1. The molecule has 2 heterocycles. The third-order valence-corrected chi connectivity index (χ3v) is 5.44. The average molecular weight is 428 g/mol. The fourth-order valence-corrected chi connectivity index (χ4v) is 3.92. The quantitative estimate of drug-likeness (QED) is 0.804. The topological polar surface area (TPSA) is 87.4 Å². The summed E-state index contributed by atoms with van der Waals surface area (Å²) in [6, 6.07) is 10.0. The number of rotatable bonds is 3. The van der Waals surface area contributed by atoms with Crippen LogP contribution in [0.5, 0.6) is 0 Å². The van der Waals surface area contributed by atoms with E-state index in [1.165, 1.54) is 12.1 Å². The highest BCUT2D eigenvalue weighted by atomic mass is 19.4. The highest BCUT2D eigenvalue weighted by Crippen LogP contribution is 2.32. The Bertz CT molecular complexity index is 1060. The molecule has 1 saturated carbocycles. The number of halogens is 3. The minimum absolute atomic E-state index is 0.135. The van der Waals surface area contributed by atoms with E-state index in [1.54, 1.807) is 18.2 Å². The molecular formula is C22H19F3N4O2. The van der Waals surface area contributed by atoms with E-state index >= 15 is 0 Å². The summed E-state index contributed by atoms with van der Waals surface area (Å²) >= 11 is 0. The number of aromatic nitrogens is 1. The lowest BCUT2D eigenvalue weighted by Gasteiger charge is -2.23. The molecule has 0 spiro atoms. The Kier molecular flexibility index (Phi) is 5.63. The summed E-state index contributed by atoms with van der Waals surface area (Å²) in [5.74, 6) is -0.190. The maximum Gasteiger partial charge on any atom is 0.433 e. The van der Waals surface area contributed by atoms with Crippen LogP contribution >= 0.6 is 0 Å².